The molecule has 0 aliphatic carbocycles. The van der Waals surface area contributed by atoms with Crippen LogP contribution in [0.25, 0.3) is 0 Å². The minimum absolute atomic E-state index is 0.0122. The van der Waals surface area contributed by atoms with E-state index >= 15 is 0 Å². The predicted molar refractivity (Wildman–Crippen MR) is 90.1 cm³/mol. The maximum absolute atomic E-state index is 12.1. The van der Waals surface area contributed by atoms with Gasteiger partial charge in [-0.15, -0.1) is 0 Å². The van der Waals surface area contributed by atoms with Crippen LogP contribution in [-0.2, 0) is 14.3 Å². The molecule has 2 rings (SSSR count). The predicted octanol–water partition coefficient (Wildman–Crippen LogP) is 3.03. The summed E-state index contributed by atoms with van der Waals surface area (Å²) in [4.78, 5) is 23.3. The summed E-state index contributed by atoms with van der Waals surface area (Å²) in [5, 5.41) is 5.90. The summed E-state index contributed by atoms with van der Waals surface area (Å²) < 4.78 is 5.84. The lowest BCUT2D eigenvalue weighted by Gasteiger charge is -2.30. The number of anilines is 1. The summed E-state index contributed by atoms with van der Waals surface area (Å²) in [6.45, 7) is 7.80. The molecule has 1 aliphatic heterocycles. The van der Waals surface area contributed by atoms with Gasteiger partial charge in [0.2, 0.25) is 11.8 Å². The summed E-state index contributed by atoms with van der Waals surface area (Å²) in [5.74, 6) is -0.0304. The van der Waals surface area contributed by atoms with E-state index in [0.717, 1.165) is 24.1 Å². The van der Waals surface area contributed by atoms with Gasteiger partial charge in [0.15, 0.2) is 0 Å². The molecule has 126 valence electrons. The molecule has 1 aromatic carbocycles. The number of amides is 2. The third kappa shape index (κ3) is 5.06. The van der Waals surface area contributed by atoms with Crippen LogP contribution in [0.15, 0.2) is 24.3 Å². The van der Waals surface area contributed by atoms with Crippen molar-refractivity contribution >= 4 is 17.5 Å². The first-order chi connectivity index (χ1) is 10.8. The minimum Gasteiger partial charge on any atom is -0.373 e. The standard InChI is InChI=1S/C18H26N2O3/c1-12(21)19-15-8-9-23-16(11-15)13-6-5-7-14(10-13)20-17(22)18(2,3)4/h5-7,10,15-16H,8-9,11H2,1-4H3,(H,19,21)(H,20,22)/t15-,16+/m0/s1. The number of rotatable bonds is 3. The van der Waals surface area contributed by atoms with Crippen LogP contribution in [0.2, 0.25) is 0 Å². The van der Waals surface area contributed by atoms with Crippen LogP contribution < -0.4 is 10.6 Å². The molecule has 1 saturated heterocycles. The van der Waals surface area contributed by atoms with Crippen molar-refractivity contribution in [1.82, 2.24) is 5.32 Å². The number of benzene rings is 1. The Morgan fingerprint density at radius 2 is 2.00 bits per heavy atom. The van der Waals surface area contributed by atoms with Crippen molar-refractivity contribution in [2.75, 3.05) is 11.9 Å². The van der Waals surface area contributed by atoms with E-state index in [1.54, 1.807) is 0 Å². The number of nitrogens with one attached hydrogen (secondary N) is 2. The molecule has 1 aliphatic rings. The number of carbonyl (C=O) groups excluding carboxylic acids is 2. The van der Waals surface area contributed by atoms with Gasteiger partial charge < -0.3 is 15.4 Å². The Bertz CT molecular complexity index is 578. The second-order valence-corrected chi connectivity index (χ2v) is 7.11. The molecule has 0 bridgehead atoms. The molecular formula is C18H26N2O3. The molecule has 0 saturated carbocycles. The molecule has 2 N–H and O–H groups in total. The Morgan fingerprint density at radius 3 is 2.65 bits per heavy atom. The second kappa shape index (κ2) is 7.13. The monoisotopic (exact) mass is 318 g/mol. The van der Waals surface area contributed by atoms with Gasteiger partial charge in [-0.3, -0.25) is 9.59 Å². The van der Waals surface area contributed by atoms with E-state index in [1.807, 2.05) is 45.0 Å². The zero-order chi connectivity index (χ0) is 17.0. The fourth-order valence-corrected chi connectivity index (χ4v) is 2.58. The Morgan fingerprint density at radius 1 is 1.26 bits per heavy atom. The first-order valence-electron chi connectivity index (χ1n) is 8.06. The molecule has 0 radical (unpaired) electrons. The van der Waals surface area contributed by atoms with Gasteiger partial charge in [0, 0.05) is 30.7 Å². The first kappa shape index (κ1) is 17.5. The van der Waals surface area contributed by atoms with E-state index in [1.165, 1.54) is 6.92 Å². The molecule has 23 heavy (non-hydrogen) atoms. The van der Waals surface area contributed by atoms with Crippen molar-refractivity contribution in [2.45, 2.75) is 52.7 Å². The van der Waals surface area contributed by atoms with E-state index in [9.17, 15) is 9.59 Å². The van der Waals surface area contributed by atoms with Gasteiger partial charge in [0.25, 0.3) is 0 Å². The first-order valence-corrected chi connectivity index (χ1v) is 8.06. The Hall–Kier alpha value is -1.88. The van der Waals surface area contributed by atoms with Crippen molar-refractivity contribution in [3.8, 4) is 0 Å². The number of carbonyl (C=O) groups is 2. The lowest BCUT2D eigenvalue weighted by molar-refractivity contribution is -0.123. The third-order valence-electron chi connectivity index (χ3n) is 3.89. The van der Waals surface area contributed by atoms with Gasteiger partial charge in [0.1, 0.15) is 0 Å². The fourth-order valence-electron chi connectivity index (χ4n) is 2.58. The van der Waals surface area contributed by atoms with Crippen LogP contribution in [0.3, 0.4) is 0 Å². The maximum atomic E-state index is 12.1. The van der Waals surface area contributed by atoms with Crippen LogP contribution >= 0.6 is 0 Å². The van der Waals surface area contributed by atoms with E-state index < -0.39 is 5.41 Å². The van der Waals surface area contributed by atoms with Crippen LogP contribution in [0.1, 0.15) is 52.2 Å². The Labute approximate surface area is 137 Å². The van der Waals surface area contributed by atoms with Crippen molar-refractivity contribution in [3.63, 3.8) is 0 Å². The molecule has 0 spiro atoms. The highest BCUT2D eigenvalue weighted by atomic mass is 16.5. The molecule has 2 amide bonds. The molecule has 0 aromatic heterocycles. The van der Waals surface area contributed by atoms with Gasteiger partial charge in [-0.2, -0.15) is 0 Å². The smallest absolute Gasteiger partial charge is 0.229 e. The summed E-state index contributed by atoms with van der Waals surface area (Å²) in [6, 6.07) is 7.87. The average Bonchev–Trinajstić information content (AvgIpc) is 2.46. The summed E-state index contributed by atoms with van der Waals surface area (Å²) in [5.41, 5.74) is 1.35. The normalized spacial score (nSPS) is 21.6. The van der Waals surface area contributed by atoms with E-state index in [-0.39, 0.29) is 24.0 Å². The van der Waals surface area contributed by atoms with Gasteiger partial charge in [-0.05, 0) is 30.5 Å². The van der Waals surface area contributed by atoms with Crippen molar-refractivity contribution in [3.05, 3.63) is 29.8 Å². The zero-order valence-corrected chi connectivity index (χ0v) is 14.3. The quantitative estimate of drug-likeness (QED) is 0.900. The van der Waals surface area contributed by atoms with Crippen molar-refractivity contribution in [1.29, 1.82) is 0 Å². The molecule has 0 unspecified atom stereocenters. The van der Waals surface area contributed by atoms with E-state index in [0.29, 0.717) is 6.61 Å². The number of hydrogen-bond donors (Lipinski definition) is 2. The fraction of sp³-hybridized carbons (Fsp3) is 0.556. The molecule has 5 nitrogen and oxygen atoms in total. The maximum Gasteiger partial charge on any atom is 0.229 e. The highest BCUT2D eigenvalue weighted by Gasteiger charge is 2.25. The second-order valence-electron chi connectivity index (χ2n) is 7.11. The van der Waals surface area contributed by atoms with Crippen LogP contribution in [0.4, 0.5) is 5.69 Å². The molecule has 1 heterocycles. The van der Waals surface area contributed by atoms with E-state index in [4.69, 9.17) is 4.74 Å². The van der Waals surface area contributed by atoms with Gasteiger partial charge in [-0.25, -0.2) is 0 Å². The zero-order valence-electron chi connectivity index (χ0n) is 14.3. The topological polar surface area (TPSA) is 67.4 Å². The molecule has 1 fully saturated rings. The molecular weight excluding hydrogens is 292 g/mol. The van der Waals surface area contributed by atoms with Gasteiger partial charge in [0.05, 0.1) is 6.10 Å². The minimum atomic E-state index is -0.437. The molecule has 1 aromatic rings. The van der Waals surface area contributed by atoms with Gasteiger partial charge in [-0.1, -0.05) is 32.9 Å². The van der Waals surface area contributed by atoms with Gasteiger partial charge >= 0.3 is 0 Å². The Kier molecular flexibility index (Phi) is 5.42. The van der Waals surface area contributed by atoms with Crippen molar-refractivity contribution < 1.29 is 14.3 Å². The molecule has 2 atom stereocenters. The number of hydrogen-bond acceptors (Lipinski definition) is 3. The summed E-state index contributed by atoms with van der Waals surface area (Å²) in [6.07, 6.45) is 1.51. The summed E-state index contributed by atoms with van der Waals surface area (Å²) >= 11 is 0. The van der Waals surface area contributed by atoms with Crippen LogP contribution in [0.5, 0.6) is 0 Å². The van der Waals surface area contributed by atoms with E-state index in [2.05, 4.69) is 10.6 Å². The molecule has 5 heteroatoms. The third-order valence-corrected chi connectivity index (χ3v) is 3.89. The lowest BCUT2D eigenvalue weighted by atomic mass is 9.95. The SMILES string of the molecule is CC(=O)N[C@H]1CCO[C@@H](c2cccc(NC(=O)C(C)(C)C)c2)C1. The number of ether oxygens (including phenoxy) is 1. The van der Waals surface area contributed by atoms with Crippen molar-refractivity contribution in [2.24, 2.45) is 5.41 Å². The lowest BCUT2D eigenvalue weighted by Crippen LogP contribution is -2.38. The Balaban J connectivity index is 2.07. The largest absolute Gasteiger partial charge is 0.373 e. The average molecular weight is 318 g/mol. The highest BCUT2D eigenvalue weighted by molar-refractivity contribution is 5.94. The summed E-state index contributed by atoms with van der Waals surface area (Å²) in [7, 11) is 0. The van der Waals surface area contributed by atoms with Crippen LogP contribution in [-0.4, -0.2) is 24.5 Å². The highest BCUT2D eigenvalue weighted by Crippen LogP contribution is 2.30. The van der Waals surface area contributed by atoms with Crippen LogP contribution in [0, 0.1) is 5.41 Å².